The van der Waals surface area contributed by atoms with Crippen molar-refractivity contribution in [1.82, 2.24) is 0 Å². The van der Waals surface area contributed by atoms with Gasteiger partial charge >= 0.3 is 5.97 Å². The molecule has 1 aliphatic carbocycles. The van der Waals surface area contributed by atoms with Crippen LogP contribution in [-0.4, -0.2) is 39.5 Å². The van der Waals surface area contributed by atoms with Gasteiger partial charge in [0, 0.05) is 24.8 Å². The van der Waals surface area contributed by atoms with Crippen molar-refractivity contribution in [2.45, 2.75) is 39.0 Å². The van der Waals surface area contributed by atoms with Crippen LogP contribution in [0.1, 0.15) is 44.6 Å². The molecule has 5 nitrogen and oxygen atoms in total. The fraction of sp³-hybridized carbons (Fsp3) is 0.571. The van der Waals surface area contributed by atoms with E-state index < -0.39 is 0 Å². The molecule has 0 atom stereocenters. The second-order valence-electron chi connectivity index (χ2n) is 6.44. The molecule has 0 amide bonds. The van der Waals surface area contributed by atoms with E-state index in [2.05, 4.69) is 0 Å². The van der Waals surface area contributed by atoms with E-state index in [0.29, 0.717) is 32.3 Å². The Hall–Kier alpha value is -2.01. The van der Waals surface area contributed by atoms with E-state index in [1.54, 1.807) is 20.1 Å². The summed E-state index contributed by atoms with van der Waals surface area (Å²) in [5.74, 6) is 1.70. The van der Waals surface area contributed by atoms with Crippen LogP contribution in [0.5, 0.6) is 11.5 Å². The summed E-state index contributed by atoms with van der Waals surface area (Å²) in [7, 11) is 1.64. The Kier molecular flexibility index (Phi) is 9.04. The third-order valence-electron chi connectivity index (χ3n) is 4.43. The smallest absolute Gasteiger partial charge is 0.330 e. The monoisotopic (exact) mass is 362 g/mol. The van der Waals surface area contributed by atoms with Crippen LogP contribution in [0.3, 0.4) is 0 Å². The maximum Gasteiger partial charge on any atom is 0.330 e. The van der Waals surface area contributed by atoms with Gasteiger partial charge in [-0.1, -0.05) is 19.3 Å². The molecule has 1 aromatic carbocycles. The Morgan fingerprint density at radius 2 is 1.96 bits per heavy atom. The summed E-state index contributed by atoms with van der Waals surface area (Å²) < 4.78 is 21.7. The van der Waals surface area contributed by atoms with E-state index in [1.807, 2.05) is 18.2 Å². The van der Waals surface area contributed by atoms with Crippen molar-refractivity contribution < 1.29 is 23.7 Å². The Bertz CT molecular complexity index is 576. The predicted octanol–water partition coefficient (Wildman–Crippen LogP) is 4.25. The molecule has 0 aliphatic heterocycles. The molecule has 0 N–H and O–H groups in total. The van der Waals surface area contributed by atoms with Crippen LogP contribution in [0.2, 0.25) is 0 Å². The van der Waals surface area contributed by atoms with Gasteiger partial charge in [0.15, 0.2) is 0 Å². The summed E-state index contributed by atoms with van der Waals surface area (Å²) in [6, 6.07) is 5.64. The Morgan fingerprint density at radius 1 is 1.15 bits per heavy atom. The van der Waals surface area contributed by atoms with Crippen molar-refractivity contribution >= 4 is 12.0 Å². The van der Waals surface area contributed by atoms with E-state index in [0.717, 1.165) is 17.1 Å². The molecule has 1 fully saturated rings. The van der Waals surface area contributed by atoms with Gasteiger partial charge in [-0.2, -0.15) is 0 Å². The lowest BCUT2D eigenvalue weighted by Crippen LogP contribution is -2.15. The molecule has 0 unspecified atom stereocenters. The minimum Gasteiger partial charge on any atom is -0.493 e. The highest BCUT2D eigenvalue weighted by atomic mass is 16.5. The van der Waals surface area contributed by atoms with Crippen molar-refractivity contribution in [2.24, 2.45) is 5.92 Å². The fourth-order valence-electron chi connectivity index (χ4n) is 3.02. The van der Waals surface area contributed by atoms with Gasteiger partial charge in [0.2, 0.25) is 0 Å². The summed E-state index contributed by atoms with van der Waals surface area (Å²) in [5.41, 5.74) is 0.841. The number of methoxy groups -OCH3 is 1. The third-order valence-corrected chi connectivity index (χ3v) is 4.43. The molecule has 0 aromatic heterocycles. The average Bonchev–Trinajstić information content (AvgIpc) is 2.67. The molecule has 1 aromatic rings. The number of hydrogen-bond acceptors (Lipinski definition) is 5. The lowest BCUT2D eigenvalue weighted by Gasteiger charge is -2.22. The zero-order valence-corrected chi connectivity index (χ0v) is 15.9. The Balaban J connectivity index is 2.06. The number of carbonyl (C=O) groups is 1. The van der Waals surface area contributed by atoms with E-state index in [1.165, 1.54) is 38.2 Å². The first-order chi connectivity index (χ1) is 12.7. The molecule has 26 heavy (non-hydrogen) atoms. The summed E-state index contributed by atoms with van der Waals surface area (Å²) in [6.45, 7) is 3.86. The van der Waals surface area contributed by atoms with Crippen LogP contribution in [-0.2, 0) is 14.3 Å². The lowest BCUT2D eigenvalue weighted by molar-refractivity contribution is -0.137. The molecule has 144 valence electrons. The fourth-order valence-corrected chi connectivity index (χ4v) is 3.02. The van der Waals surface area contributed by atoms with E-state index >= 15 is 0 Å². The van der Waals surface area contributed by atoms with Crippen molar-refractivity contribution in [3.8, 4) is 11.5 Å². The average molecular weight is 362 g/mol. The topological polar surface area (TPSA) is 54.0 Å². The van der Waals surface area contributed by atoms with Gasteiger partial charge in [0.05, 0.1) is 19.8 Å². The number of benzene rings is 1. The standard InChI is InChI=1S/C21H30O5/c1-3-24-21(22)12-10-18-9-11-19(25-14-13-23-2)15-20(18)26-16-17-7-5-4-6-8-17/h9-12,15,17H,3-8,13-14,16H2,1-2H3. The molecule has 0 bridgehead atoms. The lowest BCUT2D eigenvalue weighted by atomic mass is 9.90. The molecule has 0 saturated heterocycles. The van der Waals surface area contributed by atoms with Gasteiger partial charge in [-0.05, 0) is 43.9 Å². The summed E-state index contributed by atoms with van der Waals surface area (Å²) in [4.78, 5) is 11.6. The van der Waals surface area contributed by atoms with E-state index in [9.17, 15) is 4.79 Å². The maximum atomic E-state index is 11.6. The van der Waals surface area contributed by atoms with Gasteiger partial charge in [-0.15, -0.1) is 0 Å². The van der Waals surface area contributed by atoms with Crippen LogP contribution < -0.4 is 9.47 Å². The third kappa shape index (κ3) is 7.08. The number of rotatable bonds is 10. The summed E-state index contributed by atoms with van der Waals surface area (Å²) in [6.07, 6.45) is 9.49. The van der Waals surface area contributed by atoms with Gasteiger partial charge in [0.1, 0.15) is 18.1 Å². The predicted molar refractivity (Wildman–Crippen MR) is 102 cm³/mol. The van der Waals surface area contributed by atoms with Crippen molar-refractivity contribution in [1.29, 1.82) is 0 Å². The first-order valence-electron chi connectivity index (χ1n) is 9.46. The second kappa shape index (κ2) is 11.6. The zero-order valence-electron chi connectivity index (χ0n) is 15.9. The van der Waals surface area contributed by atoms with Crippen LogP contribution in [0.25, 0.3) is 6.08 Å². The zero-order chi connectivity index (χ0) is 18.6. The minimum absolute atomic E-state index is 0.355. The molecule has 2 rings (SSSR count). The Labute approximate surface area is 156 Å². The van der Waals surface area contributed by atoms with Crippen molar-refractivity contribution in [3.63, 3.8) is 0 Å². The van der Waals surface area contributed by atoms with Crippen LogP contribution in [0.4, 0.5) is 0 Å². The molecule has 0 spiro atoms. The molecule has 1 aliphatic rings. The minimum atomic E-state index is -0.355. The van der Waals surface area contributed by atoms with Gasteiger partial charge < -0.3 is 18.9 Å². The van der Waals surface area contributed by atoms with Crippen LogP contribution in [0, 0.1) is 5.92 Å². The quantitative estimate of drug-likeness (QED) is 0.354. The summed E-state index contributed by atoms with van der Waals surface area (Å²) >= 11 is 0. The first kappa shape index (κ1) is 20.3. The van der Waals surface area contributed by atoms with Gasteiger partial charge in [0.25, 0.3) is 0 Å². The normalized spacial score (nSPS) is 15.2. The molecular formula is C21H30O5. The van der Waals surface area contributed by atoms with Crippen LogP contribution >= 0.6 is 0 Å². The highest BCUT2D eigenvalue weighted by Crippen LogP contribution is 2.29. The van der Waals surface area contributed by atoms with Crippen LogP contribution in [0.15, 0.2) is 24.3 Å². The largest absolute Gasteiger partial charge is 0.493 e. The molecular weight excluding hydrogens is 332 g/mol. The van der Waals surface area contributed by atoms with Crippen molar-refractivity contribution in [2.75, 3.05) is 33.5 Å². The second-order valence-corrected chi connectivity index (χ2v) is 6.44. The molecule has 0 radical (unpaired) electrons. The van der Waals surface area contributed by atoms with E-state index in [-0.39, 0.29) is 5.97 Å². The number of esters is 1. The number of ether oxygens (including phenoxy) is 4. The van der Waals surface area contributed by atoms with Crippen molar-refractivity contribution in [3.05, 3.63) is 29.8 Å². The number of hydrogen-bond donors (Lipinski definition) is 0. The van der Waals surface area contributed by atoms with Gasteiger partial charge in [-0.25, -0.2) is 4.79 Å². The first-order valence-corrected chi connectivity index (χ1v) is 9.46. The summed E-state index contributed by atoms with van der Waals surface area (Å²) in [5, 5.41) is 0. The van der Waals surface area contributed by atoms with Gasteiger partial charge in [-0.3, -0.25) is 0 Å². The molecule has 0 heterocycles. The SMILES string of the molecule is CCOC(=O)C=Cc1ccc(OCCOC)cc1OCC1CCCCC1. The Morgan fingerprint density at radius 3 is 2.69 bits per heavy atom. The highest BCUT2D eigenvalue weighted by Gasteiger charge is 2.15. The molecule has 1 saturated carbocycles. The maximum absolute atomic E-state index is 11.6. The van der Waals surface area contributed by atoms with E-state index in [4.69, 9.17) is 18.9 Å². The highest BCUT2D eigenvalue weighted by molar-refractivity contribution is 5.87. The number of carbonyl (C=O) groups excluding carboxylic acids is 1. The molecule has 5 heteroatoms.